The number of furan rings is 1. The third-order valence-corrected chi connectivity index (χ3v) is 5.03. The second-order valence-electron chi connectivity index (χ2n) is 7.09. The number of anilines is 2. The van der Waals surface area contributed by atoms with Gasteiger partial charge < -0.3 is 19.4 Å². The van der Waals surface area contributed by atoms with E-state index in [1.54, 1.807) is 24.9 Å². The van der Waals surface area contributed by atoms with Gasteiger partial charge in [-0.3, -0.25) is 9.78 Å². The van der Waals surface area contributed by atoms with Gasteiger partial charge in [-0.05, 0) is 42.7 Å². The van der Waals surface area contributed by atoms with Crippen LogP contribution >= 0.6 is 0 Å². The van der Waals surface area contributed by atoms with Gasteiger partial charge in [0, 0.05) is 37.1 Å². The number of nitrogens with one attached hydrogen (secondary N) is 1. The Labute approximate surface area is 169 Å². The van der Waals surface area contributed by atoms with Gasteiger partial charge >= 0.3 is 0 Å². The van der Waals surface area contributed by atoms with E-state index in [-0.39, 0.29) is 11.8 Å². The summed E-state index contributed by atoms with van der Waals surface area (Å²) in [6.07, 6.45) is 8.36. The molecule has 1 amide bonds. The Balaban J connectivity index is 1.26. The number of rotatable bonds is 7. The summed E-state index contributed by atoms with van der Waals surface area (Å²) in [4.78, 5) is 23.3. The molecule has 1 N–H and O–H groups in total. The molecule has 4 rings (SSSR count). The van der Waals surface area contributed by atoms with Crippen LogP contribution in [0.4, 0.5) is 11.5 Å². The van der Waals surface area contributed by atoms with E-state index in [9.17, 15) is 4.79 Å². The Morgan fingerprint density at radius 1 is 1.17 bits per heavy atom. The molecule has 150 valence electrons. The van der Waals surface area contributed by atoms with Gasteiger partial charge in [0.2, 0.25) is 5.91 Å². The number of amides is 1. The second-order valence-corrected chi connectivity index (χ2v) is 7.09. The topological polar surface area (TPSA) is 80.5 Å². The molecule has 0 radical (unpaired) electrons. The van der Waals surface area contributed by atoms with Gasteiger partial charge in [0.15, 0.2) is 0 Å². The third kappa shape index (κ3) is 5.20. The zero-order valence-electron chi connectivity index (χ0n) is 16.2. The maximum absolute atomic E-state index is 12.7. The molecule has 29 heavy (non-hydrogen) atoms. The summed E-state index contributed by atoms with van der Waals surface area (Å²) < 4.78 is 10.9. The fraction of sp³-hybridized carbons (Fsp3) is 0.318. The van der Waals surface area contributed by atoms with Crippen molar-refractivity contribution in [2.24, 2.45) is 5.92 Å². The number of carbonyl (C=O) groups excluding carboxylic acids is 1. The van der Waals surface area contributed by atoms with Crippen LogP contribution < -0.4 is 10.2 Å². The van der Waals surface area contributed by atoms with Gasteiger partial charge in [-0.2, -0.15) is 0 Å². The number of aromatic nitrogens is 2. The van der Waals surface area contributed by atoms with Crippen LogP contribution in [0.1, 0.15) is 24.2 Å². The molecule has 7 heteroatoms. The van der Waals surface area contributed by atoms with Crippen LogP contribution in [0.2, 0.25) is 0 Å². The summed E-state index contributed by atoms with van der Waals surface area (Å²) in [6.45, 7) is 2.49. The molecule has 1 fully saturated rings. The zero-order chi connectivity index (χ0) is 19.9. The van der Waals surface area contributed by atoms with Crippen LogP contribution in [0.15, 0.2) is 65.7 Å². The molecule has 2 aromatic heterocycles. The Bertz CT molecular complexity index is 907. The van der Waals surface area contributed by atoms with Crippen molar-refractivity contribution in [3.05, 3.63) is 72.6 Å². The molecule has 0 aliphatic carbocycles. The van der Waals surface area contributed by atoms with Crippen molar-refractivity contribution >= 4 is 17.4 Å². The third-order valence-electron chi connectivity index (χ3n) is 5.03. The molecule has 0 atom stereocenters. The van der Waals surface area contributed by atoms with Gasteiger partial charge in [0.25, 0.3) is 0 Å². The standard InChI is InChI=1S/C22H24N4O3/c27-22(18-6-10-26(11-7-18)21-14-23-8-9-24-21)25-19-4-1-3-17(13-19)15-28-16-20-5-2-12-29-20/h1-5,8-9,12-14,18H,6-7,10-11,15-16H2,(H,25,27). The highest BCUT2D eigenvalue weighted by molar-refractivity contribution is 5.92. The van der Waals surface area contributed by atoms with Crippen LogP contribution in [-0.2, 0) is 22.7 Å². The van der Waals surface area contributed by atoms with Crippen LogP contribution in [-0.4, -0.2) is 29.0 Å². The molecule has 0 saturated carbocycles. The minimum atomic E-state index is 0.00165. The molecular formula is C22H24N4O3. The van der Waals surface area contributed by atoms with Crippen LogP contribution in [0.5, 0.6) is 0 Å². The molecule has 0 spiro atoms. The van der Waals surface area contributed by atoms with Crippen molar-refractivity contribution in [1.29, 1.82) is 0 Å². The molecule has 3 aromatic rings. The fourth-order valence-electron chi connectivity index (χ4n) is 3.47. The molecular weight excluding hydrogens is 368 g/mol. The van der Waals surface area contributed by atoms with Crippen molar-refractivity contribution in [2.75, 3.05) is 23.3 Å². The summed E-state index contributed by atoms with van der Waals surface area (Å²) >= 11 is 0. The largest absolute Gasteiger partial charge is 0.467 e. The van der Waals surface area contributed by atoms with Crippen molar-refractivity contribution in [3.8, 4) is 0 Å². The maximum Gasteiger partial charge on any atom is 0.227 e. The number of piperidine rings is 1. The first kappa shape index (κ1) is 19.1. The summed E-state index contributed by atoms with van der Waals surface area (Å²) in [5.41, 5.74) is 1.80. The van der Waals surface area contributed by atoms with Gasteiger partial charge in [0.1, 0.15) is 18.2 Å². The quantitative estimate of drug-likeness (QED) is 0.661. The Morgan fingerprint density at radius 3 is 2.83 bits per heavy atom. The van der Waals surface area contributed by atoms with Crippen molar-refractivity contribution in [3.63, 3.8) is 0 Å². The first-order valence-electron chi connectivity index (χ1n) is 9.79. The Hall–Kier alpha value is -3.19. The average molecular weight is 392 g/mol. The lowest BCUT2D eigenvalue weighted by molar-refractivity contribution is -0.120. The smallest absolute Gasteiger partial charge is 0.227 e. The summed E-state index contributed by atoms with van der Waals surface area (Å²) in [5.74, 6) is 1.73. The average Bonchev–Trinajstić information content (AvgIpc) is 3.28. The number of hydrogen-bond donors (Lipinski definition) is 1. The molecule has 1 aromatic carbocycles. The number of benzene rings is 1. The van der Waals surface area contributed by atoms with E-state index in [0.717, 1.165) is 48.8 Å². The minimum absolute atomic E-state index is 0.00165. The zero-order valence-corrected chi connectivity index (χ0v) is 16.2. The monoisotopic (exact) mass is 392 g/mol. The van der Waals surface area contributed by atoms with Crippen LogP contribution in [0, 0.1) is 5.92 Å². The van der Waals surface area contributed by atoms with Gasteiger partial charge in [-0.15, -0.1) is 0 Å². The van der Waals surface area contributed by atoms with E-state index in [2.05, 4.69) is 20.2 Å². The molecule has 1 aliphatic rings. The van der Waals surface area contributed by atoms with Crippen molar-refractivity contribution < 1.29 is 13.9 Å². The van der Waals surface area contributed by atoms with Crippen molar-refractivity contribution in [1.82, 2.24) is 9.97 Å². The first-order valence-corrected chi connectivity index (χ1v) is 9.79. The highest BCUT2D eigenvalue weighted by Crippen LogP contribution is 2.23. The molecule has 7 nitrogen and oxygen atoms in total. The molecule has 0 unspecified atom stereocenters. The number of ether oxygens (including phenoxy) is 1. The summed E-state index contributed by atoms with van der Waals surface area (Å²) in [7, 11) is 0. The van der Waals surface area contributed by atoms with E-state index in [1.807, 2.05) is 36.4 Å². The summed E-state index contributed by atoms with van der Waals surface area (Å²) in [5, 5.41) is 3.05. The predicted molar refractivity (Wildman–Crippen MR) is 109 cm³/mol. The normalized spacial score (nSPS) is 14.7. The molecule has 0 bridgehead atoms. The molecule has 1 aliphatic heterocycles. The lowest BCUT2D eigenvalue weighted by Crippen LogP contribution is -2.38. The highest BCUT2D eigenvalue weighted by Gasteiger charge is 2.25. The van der Waals surface area contributed by atoms with Crippen molar-refractivity contribution in [2.45, 2.75) is 26.1 Å². The lowest BCUT2D eigenvalue weighted by atomic mass is 9.96. The molecule has 1 saturated heterocycles. The van der Waals surface area contributed by atoms with Gasteiger partial charge in [-0.25, -0.2) is 4.98 Å². The van der Waals surface area contributed by atoms with Gasteiger partial charge in [0.05, 0.1) is 19.1 Å². The van der Waals surface area contributed by atoms with E-state index in [1.165, 1.54) is 0 Å². The van der Waals surface area contributed by atoms with E-state index < -0.39 is 0 Å². The van der Waals surface area contributed by atoms with Gasteiger partial charge in [-0.1, -0.05) is 12.1 Å². The Morgan fingerprint density at radius 2 is 2.07 bits per heavy atom. The molecule has 3 heterocycles. The van der Waals surface area contributed by atoms with E-state index in [0.29, 0.717) is 13.2 Å². The number of nitrogens with zero attached hydrogens (tertiary/aromatic N) is 3. The SMILES string of the molecule is O=C(Nc1cccc(COCc2ccco2)c1)C1CCN(c2cnccn2)CC1. The second kappa shape index (κ2) is 9.34. The summed E-state index contributed by atoms with van der Waals surface area (Å²) in [6, 6.07) is 11.5. The lowest BCUT2D eigenvalue weighted by Gasteiger charge is -2.31. The number of hydrogen-bond acceptors (Lipinski definition) is 6. The first-order chi connectivity index (χ1) is 14.3. The van der Waals surface area contributed by atoms with Crippen LogP contribution in [0.3, 0.4) is 0 Å². The Kier molecular flexibility index (Phi) is 6.16. The highest BCUT2D eigenvalue weighted by atomic mass is 16.5. The maximum atomic E-state index is 12.7. The van der Waals surface area contributed by atoms with Crippen LogP contribution in [0.25, 0.3) is 0 Å². The van der Waals surface area contributed by atoms with E-state index >= 15 is 0 Å². The predicted octanol–water partition coefficient (Wildman–Crippen LogP) is 3.64. The minimum Gasteiger partial charge on any atom is -0.467 e. The number of carbonyl (C=O) groups is 1. The van der Waals surface area contributed by atoms with E-state index in [4.69, 9.17) is 9.15 Å². The fourth-order valence-corrected chi connectivity index (χ4v) is 3.47.